The molecule has 2 aliphatic rings. The normalized spacial score (nSPS) is 34.8. The number of hydrogen-bond donors (Lipinski definition) is 3. The van der Waals surface area contributed by atoms with Gasteiger partial charge in [0.1, 0.15) is 0 Å². The Hall–Kier alpha value is -0.170. The van der Waals surface area contributed by atoms with Crippen molar-refractivity contribution in [3.63, 3.8) is 0 Å². The average molecular weight is 262 g/mol. The Balaban J connectivity index is 2.02. The molecule has 0 radical (unpaired) electrons. The van der Waals surface area contributed by atoms with E-state index in [1.807, 2.05) is 0 Å². The maximum atomic E-state index is 11.9. The molecule has 2 fully saturated rings. The van der Waals surface area contributed by atoms with E-state index in [9.17, 15) is 13.5 Å². The van der Waals surface area contributed by atoms with Crippen LogP contribution in [0.3, 0.4) is 0 Å². The van der Waals surface area contributed by atoms with Crippen LogP contribution >= 0.6 is 0 Å². The van der Waals surface area contributed by atoms with Crippen molar-refractivity contribution in [3.8, 4) is 0 Å². The van der Waals surface area contributed by atoms with Gasteiger partial charge < -0.3 is 5.11 Å². The van der Waals surface area contributed by atoms with Crippen molar-refractivity contribution in [1.29, 1.82) is 0 Å². The van der Waals surface area contributed by atoms with E-state index in [1.54, 1.807) is 0 Å². The van der Waals surface area contributed by atoms with Crippen LogP contribution in [0.25, 0.3) is 0 Å². The highest BCUT2D eigenvalue weighted by atomic mass is 32.2. The van der Waals surface area contributed by atoms with E-state index in [2.05, 4.69) is 16.4 Å². The topological polar surface area (TPSA) is 78.4 Å². The zero-order chi connectivity index (χ0) is 12.5. The lowest BCUT2D eigenvalue weighted by Crippen LogP contribution is -2.56. The molecule has 2 rings (SSSR count). The average Bonchev–Trinajstić information content (AvgIpc) is 3.00. The molecule has 5 nitrogen and oxygen atoms in total. The van der Waals surface area contributed by atoms with E-state index in [-0.39, 0.29) is 12.6 Å². The van der Waals surface area contributed by atoms with Crippen LogP contribution in [0, 0.1) is 5.92 Å². The maximum absolute atomic E-state index is 11.9. The summed E-state index contributed by atoms with van der Waals surface area (Å²) in [6.45, 7) is 1.98. The van der Waals surface area contributed by atoms with Crippen LogP contribution in [0.4, 0.5) is 0 Å². The summed E-state index contributed by atoms with van der Waals surface area (Å²) < 4.78 is 29.0. The number of rotatable bonds is 5. The van der Waals surface area contributed by atoms with Crippen molar-refractivity contribution in [2.45, 2.75) is 57.0 Å². The summed E-state index contributed by atoms with van der Waals surface area (Å²) in [5.74, 6) is 0.458. The molecule has 2 atom stereocenters. The first-order valence-corrected chi connectivity index (χ1v) is 7.85. The monoisotopic (exact) mass is 262 g/mol. The fourth-order valence-electron chi connectivity index (χ4n) is 2.66. The van der Waals surface area contributed by atoms with E-state index >= 15 is 0 Å². The summed E-state index contributed by atoms with van der Waals surface area (Å²) in [5.41, 5.74) is -0.654. The maximum Gasteiger partial charge on any atom is 0.277 e. The second-order valence-corrected chi connectivity index (χ2v) is 7.08. The predicted molar refractivity (Wildman–Crippen MR) is 65.7 cm³/mol. The minimum absolute atomic E-state index is 0.101. The van der Waals surface area contributed by atoms with Gasteiger partial charge >= 0.3 is 0 Å². The molecule has 0 aromatic rings. The zero-order valence-corrected chi connectivity index (χ0v) is 11.1. The summed E-state index contributed by atoms with van der Waals surface area (Å²) in [6, 6.07) is 0.101. The minimum Gasteiger partial charge on any atom is -0.394 e. The van der Waals surface area contributed by atoms with Crippen LogP contribution in [0.2, 0.25) is 0 Å². The predicted octanol–water partition coefficient (Wildman–Crippen LogP) is 0.514. The third-order valence-corrected chi connectivity index (χ3v) is 4.99. The van der Waals surface area contributed by atoms with Crippen molar-refractivity contribution in [3.05, 3.63) is 0 Å². The molecule has 100 valence electrons. The molecule has 0 heterocycles. The summed E-state index contributed by atoms with van der Waals surface area (Å²) in [4.78, 5) is 0. The lowest BCUT2D eigenvalue weighted by Gasteiger charge is -2.38. The third kappa shape index (κ3) is 3.64. The molecular formula is C11H22N2O3S. The van der Waals surface area contributed by atoms with Crippen molar-refractivity contribution < 1.29 is 13.5 Å². The second-order valence-electron chi connectivity index (χ2n) is 5.64. The van der Waals surface area contributed by atoms with Gasteiger partial charge in [-0.1, -0.05) is 19.8 Å². The number of aliphatic hydroxyl groups excluding tert-OH is 1. The molecular weight excluding hydrogens is 240 g/mol. The van der Waals surface area contributed by atoms with Gasteiger partial charge in [-0.05, 0) is 31.6 Å². The van der Waals surface area contributed by atoms with Crippen molar-refractivity contribution in [1.82, 2.24) is 9.44 Å². The standard InChI is InChI=1S/C11H22N2O3S/c1-9-3-2-6-11(7-9,8-14)13-17(15,16)12-10-4-5-10/h9-10,12-14H,2-8H2,1H3. The lowest BCUT2D eigenvalue weighted by molar-refractivity contribution is 0.119. The molecule has 2 saturated carbocycles. The van der Waals surface area contributed by atoms with Crippen molar-refractivity contribution >= 4 is 10.2 Å². The molecule has 0 aliphatic heterocycles. The fraction of sp³-hybridized carbons (Fsp3) is 1.00. The number of nitrogens with one attached hydrogen (secondary N) is 2. The van der Waals surface area contributed by atoms with Crippen molar-refractivity contribution in [2.24, 2.45) is 5.92 Å². The highest BCUT2D eigenvalue weighted by molar-refractivity contribution is 7.87. The van der Waals surface area contributed by atoms with Crippen LogP contribution in [0.1, 0.15) is 45.4 Å². The highest BCUT2D eigenvalue weighted by Gasteiger charge is 2.39. The van der Waals surface area contributed by atoms with Crippen LogP contribution in [0.15, 0.2) is 0 Å². The Morgan fingerprint density at radius 2 is 2.06 bits per heavy atom. The molecule has 0 aromatic carbocycles. The van der Waals surface area contributed by atoms with Gasteiger partial charge in [0.05, 0.1) is 12.1 Å². The molecule has 6 heteroatoms. The van der Waals surface area contributed by atoms with Gasteiger partial charge in [0.25, 0.3) is 10.2 Å². The Morgan fingerprint density at radius 1 is 1.35 bits per heavy atom. The van der Waals surface area contributed by atoms with E-state index in [0.29, 0.717) is 5.92 Å². The quantitative estimate of drug-likeness (QED) is 0.675. The van der Waals surface area contributed by atoms with Gasteiger partial charge in [0.2, 0.25) is 0 Å². The van der Waals surface area contributed by atoms with E-state index in [4.69, 9.17) is 0 Å². The molecule has 2 aliphatic carbocycles. The third-order valence-electron chi connectivity index (χ3n) is 3.64. The van der Waals surface area contributed by atoms with Crippen molar-refractivity contribution in [2.75, 3.05) is 6.61 Å². The van der Waals surface area contributed by atoms with Gasteiger partial charge in [-0.25, -0.2) is 0 Å². The lowest BCUT2D eigenvalue weighted by atomic mass is 9.78. The molecule has 2 unspecified atom stereocenters. The molecule has 3 N–H and O–H groups in total. The van der Waals surface area contributed by atoms with Crippen LogP contribution < -0.4 is 9.44 Å². The highest BCUT2D eigenvalue weighted by Crippen LogP contribution is 2.32. The zero-order valence-electron chi connectivity index (χ0n) is 10.3. The van der Waals surface area contributed by atoms with E-state index in [1.165, 1.54) is 0 Å². The first-order chi connectivity index (χ1) is 7.95. The Bertz CT molecular complexity index is 367. The van der Waals surface area contributed by atoms with Gasteiger partial charge in [-0.2, -0.15) is 17.9 Å². The molecule has 17 heavy (non-hydrogen) atoms. The van der Waals surface area contributed by atoms with Crippen LogP contribution in [0.5, 0.6) is 0 Å². The minimum atomic E-state index is -3.47. The first kappa shape index (κ1) is 13.3. The van der Waals surface area contributed by atoms with Gasteiger partial charge in [0.15, 0.2) is 0 Å². The van der Waals surface area contributed by atoms with Gasteiger partial charge in [0, 0.05) is 6.04 Å². The summed E-state index contributed by atoms with van der Waals surface area (Å²) in [5, 5.41) is 9.52. The van der Waals surface area contributed by atoms with E-state index < -0.39 is 15.7 Å². The number of aliphatic hydroxyl groups is 1. The van der Waals surface area contributed by atoms with Crippen LogP contribution in [-0.2, 0) is 10.2 Å². The fourth-order valence-corrected chi connectivity index (χ4v) is 4.22. The Labute approximate surface area is 103 Å². The van der Waals surface area contributed by atoms with E-state index in [0.717, 1.165) is 38.5 Å². The molecule has 0 saturated heterocycles. The first-order valence-electron chi connectivity index (χ1n) is 6.37. The smallest absolute Gasteiger partial charge is 0.277 e. The largest absolute Gasteiger partial charge is 0.394 e. The van der Waals surface area contributed by atoms with Crippen LogP contribution in [-0.4, -0.2) is 31.7 Å². The SMILES string of the molecule is CC1CCCC(CO)(NS(=O)(=O)NC2CC2)C1. The molecule has 0 spiro atoms. The molecule has 0 bridgehead atoms. The summed E-state index contributed by atoms with van der Waals surface area (Å²) >= 11 is 0. The summed E-state index contributed by atoms with van der Waals surface area (Å²) in [7, 11) is -3.47. The summed E-state index contributed by atoms with van der Waals surface area (Å²) in [6.07, 6.45) is 5.36. The van der Waals surface area contributed by atoms with Gasteiger partial charge in [-0.3, -0.25) is 0 Å². The Kier molecular flexibility index (Phi) is 3.77. The van der Waals surface area contributed by atoms with Gasteiger partial charge in [-0.15, -0.1) is 0 Å². The molecule has 0 aromatic heterocycles. The second kappa shape index (κ2) is 4.84. The number of hydrogen-bond acceptors (Lipinski definition) is 3. The Morgan fingerprint density at radius 3 is 2.59 bits per heavy atom. The molecule has 0 amide bonds.